The van der Waals surface area contributed by atoms with Gasteiger partial charge in [-0.05, 0) is 29.5 Å². The molecule has 1 amide bonds. The van der Waals surface area contributed by atoms with Crippen LogP contribution in [0.15, 0.2) is 104 Å². The monoisotopic (exact) mass is 413 g/mol. The van der Waals surface area contributed by atoms with Gasteiger partial charge < -0.3 is 10.4 Å². The molecule has 2 N–H and O–H groups in total. The van der Waals surface area contributed by atoms with Gasteiger partial charge in [0, 0.05) is 6.42 Å². The van der Waals surface area contributed by atoms with Gasteiger partial charge in [-0.2, -0.15) is 0 Å². The normalized spacial score (nSPS) is 12.0. The molecule has 0 aliphatic heterocycles. The first-order valence-electron chi connectivity index (χ1n) is 10.4. The summed E-state index contributed by atoms with van der Waals surface area (Å²) in [6, 6.07) is 28.7. The van der Waals surface area contributed by atoms with E-state index in [-0.39, 0.29) is 12.3 Å². The highest BCUT2D eigenvalue weighted by atomic mass is 16.4. The van der Waals surface area contributed by atoms with Crippen molar-refractivity contribution in [2.24, 2.45) is 0 Å². The molecule has 1 atom stereocenters. The maximum Gasteiger partial charge on any atom is 0.326 e. The van der Waals surface area contributed by atoms with Gasteiger partial charge in [0.05, 0.1) is 5.41 Å². The number of benzene rings is 3. The highest BCUT2D eigenvalue weighted by Crippen LogP contribution is 2.42. The molecule has 3 aromatic rings. The molecule has 3 rings (SSSR count). The maximum absolute atomic E-state index is 13.3. The summed E-state index contributed by atoms with van der Waals surface area (Å²) in [5.74, 6) is -1.35. The zero-order valence-electron chi connectivity index (χ0n) is 17.4. The summed E-state index contributed by atoms with van der Waals surface area (Å²) in [6.45, 7) is 3.64. The smallest absolute Gasteiger partial charge is 0.326 e. The Labute approximate surface area is 183 Å². The van der Waals surface area contributed by atoms with E-state index in [4.69, 9.17) is 0 Å². The van der Waals surface area contributed by atoms with Gasteiger partial charge in [-0.25, -0.2) is 4.79 Å². The third kappa shape index (κ3) is 5.10. The number of amides is 1. The minimum Gasteiger partial charge on any atom is -0.480 e. The maximum atomic E-state index is 13.3. The SMILES string of the molecule is C=CCC[C@@H](NC(=O)CC(c1ccccc1)(c1ccccc1)c1ccccc1)C(=O)O. The van der Waals surface area contributed by atoms with Crippen LogP contribution in [0, 0.1) is 0 Å². The predicted molar refractivity (Wildman–Crippen MR) is 123 cm³/mol. The van der Waals surface area contributed by atoms with E-state index >= 15 is 0 Å². The number of nitrogens with one attached hydrogen (secondary N) is 1. The molecule has 0 bridgehead atoms. The van der Waals surface area contributed by atoms with E-state index in [2.05, 4.69) is 11.9 Å². The lowest BCUT2D eigenvalue weighted by Crippen LogP contribution is -2.44. The van der Waals surface area contributed by atoms with Crippen LogP contribution in [-0.2, 0) is 15.0 Å². The van der Waals surface area contributed by atoms with Crippen LogP contribution in [0.25, 0.3) is 0 Å². The Morgan fingerprint density at radius 1 is 0.839 bits per heavy atom. The van der Waals surface area contributed by atoms with Crippen LogP contribution >= 0.6 is 0 Å². The average Bonchev–Trinajstić information content (AvgIpc) is 2.81. The molecule has 0 unspecified atom stereocenters. The van der Waals surface area contributed by atoms with Gasteiger partial charge in [-0.1, -0.05) is 97.1 Å². The molecule has 0 heterocycles. The Balaban J connectivity index is 2.09. The first kappa shape index (κ1) is 22.0. The Bertz CT molecular complexity index is 904. The molecule has 0 aromatic heterocycles. The Hall–Kier alpha value is -3.66. The number of carboxylic acid groups (broad SMARTS) is 1. The van der Waals surface area contributed by atoms with Gasteiger partial charge in [0.25, 0.3) is 0 Å². The van der Waals surface area contributed by atoms with Gasteiger partial charge in [0.15, 0.2) is 0 Å². The van der Waals surface area contributed by atoms with Gasteiger partial charge in [-0.15, -0.1) is 6.58 Å². The van der Waals surface area contributed by atoms with Crippen molar-refractivity contribution in [1.82, 2.24) is 5.32 Å². The molecule has 0 aliphatic rings. The molecule has 4 heteroatoms. The van der Waals surface area contributed by atoms with Gasteiger partial charge in [-0.3, -0.25) is 4.79 Å². The summed E-state index contributed by atoms with van der Waals surface area (Å²) in [7, 11) is 0. The molecule has 4 nitrogen and oxygen atoms in total. The van der Waals surface area contributed by atoms with Crippen molar-refractivity contribution in [2.75, 3.05) is 0 Å². The van der Waals surface area contributed by atoms with E-state index in [1.807, 2.05) is 91.0 Å². The summed E-state index contributed by atoms with van der Waals surface area (Å²) in [4.78, 5) is 24.9. The standard InChI is InChI=1S/C27H27NO3/c1-2-3-19-24(26(30)31)28-25(29)20-27(21-13-7-4-8-14-21,22-15-9-5-10-16-22)23-17-11-6-12-18-23/h2,4-18,24H,1,3,19-20H2,(H,28,29)(H,30,31)/t24-/m1/s1. The van der Waals surface area contributed by atoms with Crippen molar-refractivity contribution in [1.29, 1.82) is 0 Å². The van der Waals surface area contributed by atoms with Crippen molar-refractivity contribution < 1.29 is 14.7 Å². The van der Waals surface area contributed by atoms with Gasteiger partial charge in [0.2, 0.25) is 5.91 Å². The average molecular weight is 414 g/mol. The lowest BCUT2D eigenvalue weighted by atomic mass is 9.67. The fourth-order valence-electron chi connectivity index (χ4n) is 4.00. The minimum atomic E-state index is -1.04. The number of carboxylic acids is 1. The van der Waals surface area contributed by atoms with E-state index in [1.165, 1.54) is 0 Å². The van der Waals surface area contributed by atoms with Crippen LogP contribution in [-0.4, -0.2) is 23.0 Å². The molecule has 31 heavy (non-hydrogen) atoms. The zero-order chi connectivity index (χ0) is 22.1. The van der Waals surface area contributed by atoms with Crippen molar-refractivity contribution in [2.45, 2.75) is 30.7 Å². The van der Waals surface area contributed by atoms with E-state index < -0.39 is 17.4 Å². The lowest BCUT2D eigenvalue weighted by Gasteiger charge is -2.36. The quantitative estimate of drug-likeness (QED) is 0.365. The molecule has 0 spiro atoms. The van der Waals surface area contributed by atoms with Crippen molar-refractivity contribution in [3.8, 4) is 0 Å². The second-order valence-electron chi connectivity index (χ2n) is 7.50. The molecule has 0 aliphatic carbocycles. The van der Waals surface area contributed by atoms with Crippen LogP contribution in [0.1, 0.15) is 36.0 Å². The Morgan fingerprint density at radius 2 is 1.26 bits per heavy atom. The fourth-order valence-corrected chi connectivity index (χ4v) is 4.00. The van der Waals surface area contributed by atoms with Crippen molar-refractivity contribution in [3.05, 3.63) is 120 Å². The highest BCUT2D eigenvalue weighted by Gasteiger charge is 2.39. The first-order valence-corrected chi connectivity index (χ1v) is 10.4. The number of aliphatic carboxylic acids is 1. The van der Waals surface area contributed by atoms with Crippen LogP contribution in [0.5, 0.6) is 0 Å². The zero-order valence-corrected chi connectivity index (χ0v) is 17.4. The van der Waals surface area contributed by atoms with Crippen LogP contribution < -0.4 is 5.32 Å². The van der Waals surface area contributed by atoms with Crippen LogP contribution in [0.2, 0.25) is 0 Å². The van der Waals surface area contributed by atoms with Gasteiger partial charge in [0.1, 0.15) is 6.04 Å². The highest BCUT2D eigenvalue weighted by molar-refractivity contribution is 5.85. The molecule has 0 saturated heterocycles. The molecule has 3 aromatic carbocycles. The van der Waals surface area contributed by atoms with Crippen molar-refractivity contribution in [3.63, 3.8) is 0 Å². The molecule has 0 radical (unpaired) electrons. The number of hydrogen-bond acceptors (Lipinski definition) is 2. The summed E-state index contributed by atoms with van der Waals surface area (Å²) < 4.78 is 0. The third-order valence-electron chi connectivity index (χ3n) is 5.52. The summed E-state index contributed by atoms with van der Waals surface area (Å²) in [6.07, 6.45) is 2.56. The van der Waals surface area contributed by atoms with Gasteiger partial charge >= 0.3 is 5.97 Å². The minimum absolute atomic E-state index is 0.0862. The second kappa shape index (κ2) is 10.4. The number of carbonyl (C=O) groups excluding carboxylic acids is 1. The summed E-state index contributed by atoms with van der Waals surface area (Å²) >= 11 is 0. The van der Waals surface area contributed by atoms with E-state index in [9.17, 15) is 14.7 Å². The van der Waals surface area contributed by atoms with E-state index in [0.29, 0.717) is 12.8 Å². The van der Waals surface area contributed by atoms with Crippen molar-refractivity contribution >= 4 is 11.9 Å². The molecule has 0 fully saturated rings. The first-order chi connectivity index (χ1) is 15.1. The topological polar surface area (TPSA) is 66.4 Å². The number of carbonyl (C=O) groups is 2. The van der Waals surface area contributed by atoms with E-state index in [1.54, 1.807) is 6.08 Å². The Kier molecular flexibility index (Phi) is 7.39. The largest absolute Gasteiger partial charge is 0.480 e. The lowest BCUT2D eigenvalue weighted by molar-refractivity contribution is -0.142. The summed E-state index contributed by atoms with van der Waals surface area (Å²) in [5, 5.41) is 12.3. The third-order valence-corrected chi connectivity index (χ3v) is 5.52. The molecule has 158 valence electrons. The predicted octanol–water partition coefficient (Wildman–Crippen LogP) is 4.95. The number of rotatable bonds is 10. The Morgan fingerprint density at radius 3 is 1.61 bits per heavy atom. The van der Waals surface area contributed by atoms with E-state index in [0.717, 1.165) is 16.7 Å². The summed E-state index contributed by atoms with van der Waals surface area (Å²) in [5.41, 5.74) is 2.16. The fraction of sp³-hybridized carbons (Fsp3) is 0.185. The molecular weight excluding hydrogens is 386 g/mol. The number of hydrogen-bond donors (Lipinski definition) is 2. The molecular formula is C27H27NO3. The van der Waals surface area contributed by atoms with Crippen LogP contribution in [0.3, 0.4) is 0 Å². The number of allylic oxidation sites excluding steroid dienone is 1. The second-order valence-corrected chi connectivity index (χ2v) is 7.50. The van der Waals surface area contributed by atoms with Crippen LogP contribution in [0.4, 0.5) is 0 Å². The molecule has 0 saturated carbocycles.